The topological polar surface area (TPSA) is 68.8 Å². The molecule has 2 aromatic rings. The minimum atomic E-state index is -0.270. The summed E-state index contributed by atoms with van der Waals surface area (Å²) in [7, 11) is 1.81. The van der Waals surface area contributed by atoms with E-state index >= 15 is 0 Å². The van der Waals surface area contributed by atoms with E-state index in [0.29, 0.717) is 6.42 Å². The third kappa shape index (κ3) is 2.55. The highest BCUT2D eigenvalue weighted by molar-refractivity contribution is 5.30. The number of nitrogens with zero attached hydrogens (tertiary/aromatic N) is 3. The zero-order chi connectivity index (χ0) is 13.1. The second kappa shape index (κ2) is 5.24. The average molecular weight is 249 g/mol. The van der Waals surface area contributed by atoms with Crippen LogP contribution in [0, 0.1) is 12.7 Å². The summed E-state index contributed by atoms with van der Waals surface area (Å²) in [5.41, 5.74) is 4.53. The zero-order valence-corrected chi connectivity index (χ0v) is 10.4. The third-order valence-electron chi connectivity index (χ3n) is 3.01. The van der Waals surface area contributed by atoms with Gasteiger partial charge in [-0.05, 0) is 30.2 Å². The molecule has 18 heavy (non-hydrogen) atoms. The lowest BCUT2D eigenvalue weighted by Gasteiger charge is -2.18. The van der Waals surface area contributed by atoms with Crippen LogP contribution in [-0.2, 0) is 13.5 Å². The minimum absolute atomic E-state index is 0.191. The molecule has 6 heteroatoms. The second-order valence-corrected chi connectivity index (χ2v) is 4.22. The molecule has 96 valence electrons. The van der Waals surface area contributed by atoms with Crippen molar-refractivity contribution < 1.29 is 4.39 Å². The van der Waals surface area contributed by atoms with Gasteiger partial charge in [-0.15, -0.1) is 0 Å². The van der Waals surface area contributed by atoms with Crippen molar-refractivity contribution in [3.8, 4) is 0 Å². The van der Waals surface area contributed by atoms with Crippen molar-refractivity contribution in [3.05, 3.63) is 47.3 Å². The molecule has 3 N–H and O–H groups in total. The van der Waals surface area contributed by atoms with Crippen molar-refractivity contribution in [3.63, 3.8) is 0 Å². The number of halogens is 1. The summed E-state index contributed by atoms with van der Waals surface area (Å²) >= 11 is 0. The van der Waals surface area contributed by atoms with Gasteiger partial charge in [-0.1, -0.05) is 6.07 Å². The van der Waals surface area contributed by atoms with Gasteiger partial charge >= 0.3 is 0 Å². The van der Waals surface area contributed by atoms with Crippen LogP contribution in [0.4, 0.5) is 4.39 Å². The van der Waals surface area contributed by atoms with Gasteiger partial charge in [-0.3, -0.25) is 16.0 Å². The fourth-order valence-electron chi connectivity index (χ4n) is 1.93. The van der Waals surface area contributed by atoms with Gasteiger partial charge in [-0.25, -0.2) is 9.37 Å². The summed E-state index contributed by atoms with van der Waals surface area (Å²) in [5.74, 6) is 6.08. The summed E-state index contributed by atoms with van der Waals surface area (Å²) in [5, 5.41) is 4.00. The molecule has 0 saturated heterocycles. The lowest BCUT2D eigenvalue weighted by Crippen LogP contribution is -2.31. The molecule has 0 radical (unpaired) electrons. The normalized spacial score (nSPS) is 12.7. The first-order valence-corrected chi connectivity index (χ1v) is 5.67. The largest absolute Gasteiger partial charge is 0.271 e. The average Bonchev–Trinajstić information content (AvgIpc) is 2.75. The Hall–Kier alpha value is -1.79. The summed E-state index contributed by atoms with van der Waals surface area (Å²) in [6.45, 7) is 1.93. The SMILES string of the molecule is Cc1ccc(F)cc1C(Cc1ncnn1C)NN. The Labute approximate surface area is 105 Å². The van der Waals surface area contributed by atoms with E-state index in [1.54, 1.807) is 10.7 Å². The molecule has 1 atom stereocenters. The number of hydrogen-bond donors (Lipinski definition) is 2. The molecule has 0 aliphatic carbocycles. The predicted molar refractivity (Wildman–Crippen MR) is 65.9 cm³/mol. The van der Waals surface area contributed by atoms with Gasteiger partial charge in [0.15, 0.2) is 0 Å². The summed E-state index contributed by atoms with van der Waals surface area (Å²) in [4.78, 5) is 4.14. The molecular formula is C12H16FN5. The van der Waals surface area contributed by atoms with E-state index in [0.717, 1.165) is 17.0 Å². The highest BCUT2D eigenvalue weighted by atomic mass is 19.1. The standard InChI is InChI=1S/C12H16FN5/c1-8-3-4-9(13)5-10(8)11(17-14)6-12-15-7-16-18(12)2/h3-5,7,11,17H,6,14H2,1-2H3. The Bertz CT molecular complexity index is 537. The van der Waals surface area contributed by atoms with Crippen LogP contribution in [0.1, 0.15) is 23.0 Å². The van der Waals surface area contributed by atoms with Crippen molar-refractivity contribution in [2.75, 3.05) is 0 Å². The van der Waals surface area contributed by atoms with Crippen LogP contribution in [0.3, 0.4) is 0 Å². The highest BCUT2D eigenvalue weighted by Gasteiger charge is 2.16. The number of aromatic nitrogens is 3. The molecule has 0 saturated carbocycles. The number of benzene rings is 1. The number of rotatable bonds is 4. The van der Waals surface area contributed by atoms with E-state index in [1.807, 2.05) is 14.0 Å². The van der Waals surface area contributed by atoms with Gasteiger partial charge in [0, 0.05) is 13.5 Å². The van der Waals surface area contributed by atoms with E-state index in [4.69, 9.17) is 5.84 Å². The number of hydrazine groups is 1. The number of hydrogen-bond acceptors (Lipinski definition) is 4. The summed E-state index contributed by atoms with van der Waals surface area (Å²) in [6, 6.07) is 4.49. The lowest BCUT2D eigenvalue weighted by molar-refractivity contribution is 0.516. The van der Waals surface area contributed by atoms with Crippen molar-refractivity contribution in [2.24, 2.45) is 12.9 Å². The Kier molecular flexibility index (Phi) is 3.69. The molecule has 1 heterocycles. The van der Waals surface area contributed by atoms with Gasteiger partial charge < -0.3 is 0 Å². The monoisotopic (exact) mass is 249 g/mol. The fourth-order valence-corrected chi connectivity index (χ4v) is 1.93. The van der Waals surface area contributed by atoms with E-state index < -0.39 is 0 Å². The van der Waals surface area contributed by atoms with Gasteiger partial charge in [0.1, 0.15) is 18.0 Å². The molecular weight excluding hydrogens is 233 g/mol. The molecule has 0 bridgehead atoms. The summed E-state index contributed by atoms with van der Waals surface area (Å²) < 4.78 is 15.0. The van der Waals surface area contributed by atoms with Gasteiger partial charge in [0.05, 0.1) is 6.04 Å². The number of nitrogens with one attached hydrogen (secondary N) is 1. The molecule has 0 spiro atoms. The Morgan fingerprint density at radius 3 is 2.89 bits per heavy atom. The molecule has 1 aromatic carbocycles. The Morgan fingerprint density at radius 2 is 2.28 bits per heavy atom. The first kappa shape index (κ1) is 12.7. The van der Waals surface area contributed by atoms with E-state index in [-0.39, 0.29) is 11.9 Å². The Morgan fingerprint density at radius 1 is 1.50 bits per heavy atom. The van der Waals surface area contributed by atoms with Gasteiger partial charge in [0.2, 0.25) is 0 Å². The maximum absolute atomic E-state index is 13.3. The highest BCUT2D eigenvalue weighted by Crippen LogP contribution is 2.21. The van der Waals surface area contributed by atoms with Crippen LogP contribution >= 0.6 is 0 Å². The van der Waals surface area contributed by atoms with Crippen molar-refractivity contribution in [2.45, 2.75) is 19.4 Å². The van der Waals surface area contributed by atoms with Crippen LogP contribution in [0.25, 0.3) is 0 Å². The Balaban J connectivity index is 2.28. The maximum atomic E-state index is 13.3. The fraction of sp³-hybridized carbons (Fsp3) is 0.333. The van der Waals surface area contributed by atoms with Crippen LogP contribution < -0.4 is 11.3 Å². The summed E-state index contributed by atoms with van der Waals surface area (Å²) in [6.07, 6.45) is 2.04. The van der Waals surface area contributed by atoms with Crippen molar-refractivity contribution in [1.82, 2.24) is 20.2 Å². The first-order chi connectivity index (χ1) is 8.61. The lowest BCUT2D eigenvalue weighted by atomic mass is 9.99. The molecule has 1 unspecified atom stereocenters. The molecule has 0 amide bonds. The van der Waals surface area contributed by atoms with Crippen LogP contribution in [0.2, 0.25) is 0 Å². The van der Waals surface area contributed by atoms with Crippen LogP contribution in [-0.4, -0.2) is 14.8 Å². The van der Waals surface area contributed by atoms with Gasteiger partial charge in [-0.2, -0.15) is 5.10 Å². The van der Waals surface area contributed by atoms with Crippen LogP contribution in [0.15, 0.2) is 24.5 Å². The van der Waals surface area contributed by atoms with E-state index in [2.05, 4.69) is 15.5 Å². The van der Waals surface area contributed by atoms with Crippen molar-refractivity contribution in [1.29, 1.82) is 0 Å². The molecule has 5 nitrogen and oxygen atoms in total. The molecule has 0 aliphatic rings. The number of nitrogens with two attached hydrogens (primary N) is 1. The smallest absolute Gasteiger partial charge is 0.138 e. The minimum Gasteiger partial charge on any atom is -0.271 e. The van der Waals surface area contributed by atoms with E-state index in [1.165, 1.54) is 18.5 Å². The predicted octanol–water partition coefficient (Wildman–Crippen LogP) is 1.01. The molecule has 0 fully saturated rings. The van der Waals surface area contributed by atoms with Gasteiger partial charge in [0.25, 0.3) is 0 Å². The first-order valence-electron chi connectivity index (χ1n) is 5.67. The maximum Gasteiger partial charge on any atom is 0.138 e. The third-order valence-corrected chi connectivity index (χ3v) is 3.01. The quantitative estimate of drug-likeness (QED) is 0.627. The number of aryl methyl sites for hydroxylation is 2. The molecule has 1 aromatic heterocycles. The van der Waals surface area contributed by atoms with Crippen molar-refractivity contribution >= 4 is 0 Å². The van der Waals surface area contributed by atoms with E-state index in [9.17, 15) is 4.39 Å². The zero-order valence-electron chi connectivity index (χ0n) is 10.4. The molecule has 2 rings (SSSR count). The molecule has 0 aliphatic heterocycles. The second-order valence-electron chi connectivity index (χ2n) is 4.22. The van der Waals surface area contributed by atoms with Crippen LogP contribution in [0.5, 0.6) is 0 Å².